The zero-order chi connectivity index (χ0) is 11.4. The van der Waals surface area contributed by atoms with Gasteiger partial charge in [0.05, 0.1) is 6.61 Å². The minimum absolute atomic E-state index is 0.799. The first-order valence-corrected chi connectivity index (χ1v) is 6.65. The first-order chi connectivity index (χ1) is 7.77. The van der Waals surface area contributed by atoms with E-state index in [4.69, 9.17) is 4.74 Å². The summed E-state index contributed by atoms with van der Waals surface area (Å²) in [5, 5.41) is 3.38. The van der Waals surface area contributed by atoms with Gasteiger partial charge in [0, 0.05) is 10.0 Å². The fourth-order valence-electron chi connectivity index (χ4n) is 2.04. The van der Waals surface area contributed by atoms with E-state index in [2.05, 4.69) is 28.2 Å². The monoisotopic (exact) mass is 283 g/mol. The average Bonchev–Trinajstić information content (AvgIpc) is 2.77. The molecule has 3 heteroatoms. The van der Waals surface area contributed by atoms with Crippen molar-refractivity contribution in [1.82, 2.24) is 5.32 Å². The summed E-state index contributed by atoms with van der Waals surface area (Å²) in [5.74, 6) is 1.80. The molecule has 2 rings (SSSR count). The van der Waals surface area contributed by atoms with Gasteiger partial charge in [0.1, 0.15) is 5.75 Å². The van der Waals surface area contributed by atoms with Gasteiger partial charge in [-0.1, -0.05) is 22.0 Å². The molecule has 1 aliphatic heterocycles. The Hall–Kier alpha value is -0.540. The number of rotatable bonds is 4. The van der Waals surface area contributed by atoms with Gasteiger partial charge in [-0.25, -0.2) is 0 Å². The molecule has 0 saturated carbocycles. The molecule has 0 bridgehead atoms. The summed E-state index contributed by atoms with van der Waals surface area (Å²) in [7, 11) is 0. The predicted molar refractivity (Wildman–Crippen MR) is 70.0 cm³/mol. The van der Waals surface area contributed by atoms with Gasteiger partial charge < -0.3 is 10.1 Å². The van der Waals surface area contributed by atoms with E-state index in [1.54, 1.807) is 0 Å². The van der Waals surface area contributed by atoms with Gasteiger partial charge in [0.15, 0.2) is 0 Å². The Bertz CT molecular complexity index is 348. The maximum absolute atomic E-state index is 5.82. The Morgan fingerprint density at radius 3 is 3.12 bits per heavy atom. The van der Waals surface area contributed by atoms with Crippen LogP contribution in [0.4, 0.5) is 0 Å². The fraction of sp³-hybridized carbons (Fsp3) is 0.538. The highest BCUT2D eigenvalue weighted by Crippen LogP contribution is 2.26. The van der Waals surface area contributed by atoms with Crippen molar-refractivity contribution in [3.63, 3.8) is 0 Å². The van der Waals surface area contributed by atoms with E-state index >= 15 is 0 Å². The van der Waals surface area contributed by atoms with E-state index in [0.717, 1.165) is 35.7 Å². The number of benzene rings is 1. The first kappa shape index (κ1) is 11.9. The van der Waals surface area contributed by atoms with Crippen LogP contribution in [0.5, 0.6) is 5.75 Å². The normalized spacial score (nSPS) is 20.0. The molecule has 1 fully saturated rings. The molecular formula is C13H18BrNO. The summed E-state index contributed by atoms with van der Waals surface area (Å²) < 4.78 is 6.94. The quantitative estimate of drug-likeness (QED) is 0.917. The van der Waals surface area contributed by atoms with E-state index in [9.17, 15) is 0 Å². The molecule has 2 nitrogen and oxygen atoms in total. The molecule has 88 valence electrons. The van der Waals surface area contributed by atoms with Crippen LogP contribution in [0.2, 0.25) is 0 Å². The lowest BCUT2D eigenvalue weighted by Crippen LogP contribution is -2.11. The van der Waals surface area contributed by atoms with Gasteiger partial charge in [-0.3, -0.25) is 0 Å². The van der Waals surface area contributed by atoms with E-state index in [-0.39, 0.29) is 0 Å². The Morgan fingerprint density at radius 2 is 2.38 bits per heavy atom. The number of hydrogen-bond donors (Lipinski definition) is 1. The van der Waals surface area contributed by atoms with Crippen LogP contribution in [0, 0.1) is 12.8 Å². The first-order valence-electron chi connectivity index (χ1n) is 5.86. The lowest BCUT2D eigenvalue weighted by Gasteiger charge is -2.12. The van der Waals surface area contributed by atoms with Crippen LogP contribution in [0.15, 0.2) is 22.7 Å². The van der Waals surface area contributed by atoms with Gasteiger partial charge in [-0.2, -0.15) is 0 Å². The van der Waals surface area contributed by atoms with Crippen molar-refractivity contribution < 1.29 is 4.74 Å². The topological polar surface area (TPSA) is 21.3 Å². The molecule has 0 amide bonds. The number of hydrogen-bond acceptors (Lipinski definition) is 2. The van der Waals surface area contributed by atoms with Crippen LogP contribution in [-0.2, 0) is 0 Å². The highest BCUT2D eigenvalue weighted by molar-refractivity contribution is 9.10. The molecule has 0 unspecified atom stereocenters. The highest BCUT2D eigenvalue weighted by atomic mass is 79.9. The third-order valence-electron chi connectivity index (χ3n) is 3.16. The molecule has 1 atom stereocenters. The van der Waals surface area contributed by atoms with Crippen molar-refractivity contribution in [2.45, 2.75) is 19.8 Å². The van der Waals surface area contributed by atoms with Gasteiger partial charge in [0.25, 0.3) is 0 Å². The Balaban J connectivity index is 1.82. The van der Waals surface area contributed by atoms with Crippen molar-refractivity contribution in [1.29, 1.82) is 0 Å². The van der Waals surface area contributed by atoms with Gasteiger partial charge in [-0.05, 0) is 50.9 Å². The molecule has 16 heavy (non-hydrogen) atoms. The molecule has 1 heterocycles. The van der Waals surface area contributed by atoms with Crippen LogP contribution in [0.1, 0.15) is 18.4 Å². The summed E-state index contributed by atoms with van der Waals surface area (Å²) in [6.45, 7) is 5.22. The van der Waals surface area contributed by atoms with Crippen molar-refractivity contribution in [2.24, 2.45) is 5.92 Å². The van der Waals surface area contributed by atoms with Crippen LogP contribution in [-0.4, -0.2) is 19.7 Å². The van der Waals surface area contributed by atoms with Crippen molar-refractivity contribution in [3.05, 3.63) is 28.2 Å². The summed E-state index contributed by atoms with van der Waals surface area (Å²) in [6, 6.07) is 6.10. The Kier molecular flexibility index (Phi) is 4.24. The van der Waals surface area contributed by atoms with Crippen LogP contribution in [0.25, 0.3) is 0 Å². The molecule has 0 aromatic heterocycles. The third-order valence-corrected chi connectivity index (χ3v) is 4.02. The molecule has 0 spiro atoms. The number of nitrogens with one attached hydrogen (secondary N) is 1. The molecule has 1 saturated heterocycles. The molecule has 1 N–H and O–H groups in total. The Morgan fingerprint density at radius 1 is 1.50 bits per heavy atom. The second-order valence-corrected chi connectivity index (χ2v) is 5.21. The van der Waals surface area contributed by atoms with E-state index in [1.165, 1.54) is 18.5 Å². The van der Waals surface area contributed by atoms with Gasteiger partial charge in [-0.15, -0.1) is 0 Å². The minimum Gasteiger partial charge on any atom is -0.493 e. The summed E-state index contributed by atoms with van der Waals surface area (Å²) in [6.07, 6.45) is 2.44. The van der Waals surface area contributed by atoms with Crippen LogP contribution >= 0.6 is 15.9 Å². The zero-order valence-corrected chi connectivity index (χ0v) is 11.2. The lowest BCUT2D eigenvalue weighted by molar-refractivity contribution is 0.282. The SMILES string of the molecule is Cc1c(Br)cccc1OCC[C@@H]1CCNC1. The maximum atomic E-state index is 5.82. The fourth-order valence-corrected chi connectivity index (χ4v) is 2.39. The smallest absolute Gasteiger partial charge is 0.123 e. The lowest BCUT2D eigenvalue weighted by atomic mass is 10.1. The molecule has 0 radical (unpaired) electrons. The summed E-state index contributed by atoms with van der Waals surface area (Å²) in [4.78, 5) is 0. The summed E-state index contributed by atoms with van der Waals surface area (Å²) >= 11 is 3.51. The van der Waals surface area contributed by atoms with Gasteiger partial charge in [0.2, 0.25) is 0 Å². The zero-order valence-electron chi connectivity index (χ0n) is 9.63. The van der Waals surface area contributed by atoms with E-state index in [0.29, 0.717) is 0 Å². The second-order valence-electron chi connectivity index (χ2n) is 4.36. The molecular weight excluding hydrogens is 266 g/mol. The minimum atomic E-state index is 0.799. The second kappa shape index (κ2) is 5.69. The van der Waals surface area contributed by atoms with Crippen LogP contribution in [0.3, 0.4) is 0 Å². The van der Waals surface area contributed by atoms with Crippen LogP contribution < -0.4 is 10.1 Å². The average molecular weight is 284 g/mol. The highest BCUT2D eigenvalue weighted by Gasteiger charge is 2.14. The molecule has 0 aliphatic carbocycles. The number of halogens is 1. The third kappa shape index (κ3) is 2.98. The van der Waals surface area contributed by atoms with Crippen molar-refractivity contribution in [3.8, 4) is 5.75 Å². The van der Waals surface area contributed by atoms with Gasteiger partial charge >= 0.3 is 0 Å². The predicted octanol–water partition coefficient (Wildman–Crippen LogP) is 3.14. The largest absolute Gasteiger partial charge is 0.493 e. The number of ether oxygens (including phenoxy) is 1. The van der Waals surface area contributed by atoms with E-state index in [1.807, 2.05) is 18.2 Å². The van der Waals surface area contributed by atoms with Crippen molar-refractivity contribution in [2.75, 3.05) is 19.7 Å². The molecule has 1 aromatic rings. The van der Waals surface area contributed by atoms with Crippen molar-refractivity contribution >= 4 is 15.9 Å². The molecule has 1 aliphatic rings. The van der Waals surface area contributed by atoms with E-state index < -0.39 is 0 Å². The summed E-state index contributed by atoms with van der Waals surface area (Å²) in [5.41, 5.74) is 1.19. The standard InChI is InChI=1S/C13H18BrNO/c1-10-12(14)3-2-4-13(10)16-8-6-11-5-7-15-9-11/h2-4,11,15H,5-9H2,1H3/t11-/m0/s1. The molecule has 1 aromatic carbocycles. The maximum Gasteiger partial charge on any atom is 0.123 e. The Labute approximate surface area is 106 Å².